The van der Waals surface area contributed by atoms with Crippen molar-refractivity contribution >= 4 is 10.0 Å². The maximum Gasteiger partial charge on any atom is 0.410 e. The molecular formula is C8H12F3N3O2S. The van der Waals surface area contributed by atoms with Crippen LogP contribution in [0.5, 0.6) is 0 Å². The number of alkyl halides is 3. The van der Waals surface area contributed by atoms with Gasteiger partial charge in [0.2, 0.25) is 10.0 Å². The molecule has 0 aliphatic carbocycles. The fourth-order valence-electron chi connectivity index (χ4n) is 1.59. The van der Waals surface area contributed by atoms with Crippen LogP contribution < -0.4 is 5.14 Å². The van der Waals surface area contributed by atoms with Crippen LogP contribution in [0.2, 0.25) is 0 Å². The lowest BCUT2D eigenvalue weighted by Crippen LogP contribution is -2.33. The van der Waals surface area contributed by atoms with E-state index in [-0.39, 0.29) is 12.1 Å². The molecule has 0 saturated carbocycles. The predicted molar refractivity (Wildman–Crippen MR) is 54.5 cm³/mol. The highest BCUT2D eigenvalue weighted by atomic mass is 32.2. The van der Waals surface area contributed by atoms with Crippen LogP contribution in [0, 0.1) is 0 Å². The van der Waals surface area contributed by atoms with Gasteiger partial charge in [-0.05, 0) is 6.42 Å². The Morgan fingerprint density at radius 2 is 2.06 bits per heavy atom. The number of primary sulfonamides is 1. The smallest absolute Gasteiger partial charge is 0.275 e. The highest BCUT2D eigenvalue weighted by Crippen LogP contribution is 2.39. The molecule has 0 fully saturated rings. The summed E-state index contributed by atoms with van der Waals surface area (Å²) < 4.78 is 61.5. The molecule has 0 aliphatic rings. The van der Waals surface area contributed by atoms with Crippen molar-refractivity contribution < 1.29 is 21.6 Å². The zero-order chi connectivity index (χ0) is 13.4. The molecule has 5 nitrogen and oxygen atoms in total. The van der Waals surface area contributed by atoms with Crippen molar-refractivity contribution in [2.24, 2.45) is 12.2 Å². The normalized spacial score (nSPS) is 14.9. The van der Waals surface area contributed by atoms with Gasteiger partial charge in [0.15, 0.2) is 5.25 Å². The Bertz CT molecular complexity index is 507. The summed E-state index contributed by atoms with van der Waals surface area (Å²) in [6, 6.07) is 0. The lowest BCUT2D eigenvalue weighted by molar-refractivity contribution is -0.131. The number of hydrogen-bond donors (Lipinski definition) is 1. The van der Waals surface area contributed by atoms with Crippen molar-refractivity contribution in [2.75, 3.05) is 0 Å². The number of nitrogens with two attached hydrogens (primary N) is 1. The van der Waals surface area contributed by atoms with Gasteiger partial charge < -0.3 is 0 Å². The fraction of sp³-hybridized carbons (Fsp3) is 0.625. The molecule has 0 bridgehead atoms. The maximum absolute atomic E-state index is 12.7. The van der Waals surface area contributed by atoms with Crippen LogP contribution in [-0.2, 0) is 23.5 Å². The third-order valence-corrected chi connectivity index (χ3v) is 3.36. The molecule has 0 radical (unpaired) electrons. The summed E-state index contributed by atoms with van der Waals surface area (Å²) in [5.74, 6) is 0. The number of nitrogens with zero attached hydrogens (tertiary/aromatic N) is 2. The van der Waals surface area contributed by atoms with Crippen molar-refractivity contribution in [3.8, 4) is 0 Å². The third kappa shape index (κ3) is 2.97. The molecular weight excluding hydrogens is 259 g/mol. The van der Waals surface area contributed by atoms with E-state index in [9.17, 15) is 21.6 Å². The quantitative estimate of drug-likeness (QED) is 0.886. The first-order valence-corrected chi connectivity index (χ1v) is 6.29. The van der Waals surface area contributed by atoms with Gasteiger partial charge in [-0.15, -0.1) is 0 Å². The van der Waals surface area contributed by atoms with Crippen LogP contribution >= 0.6 is 0 Å². The minimum atomic E-state index is -4.96. The van der Waals surface area contributed by atoms with Crippen LogP contribution in [0.3, 0.4) is 0 Å². The Hall–Kier alpha value is -1.09. The Labute approximate surface area is 96.5 Å². The van der Waals surface area contributed by atoms with Crippen molar-refractivity contribution in [3.05, 3.63) is 17.5 Å². The monoisotopic (exact) mass is 271 g/mol. The summed E-state index contributed by atoms with van der Waals surface area (Å²) in [7, 11) is -3.36. The molecule has 0 spiro atoms. The van der Waals surface area contributed by atoms with Crippen LogP contribution in [0.25, 0.3) is 0 Å². The molecule has 0 aromatic carbocycles. The Morgan fingerprint density at radius 1 is 1.53 bits per heavy atom. The van der Waals surface area contributed by atoms with Gasteiger partial charge in [0, 0.05) is 18.8 Å². The standard InChI is InChI=1S/C8H12F3N3O2S/c1-3-6-5(4-14(2)13-6)7(8(9,10)11)17(12,15)16/h4,7H,3H2,1-2H3,(H2,12,15,16). The van der Waals surface area contributed by atoms with Crippen LogP contribution in [0.4, 0.5) is 13.2 Å². The van der Waals surface area contributed by atoms with E-state index in [0.717, 1.165) is 10.9 Å². The van der Waals surface area contributed by atoms with Gasteiger partial charge >= 0.3 is 6.18 Å². The van der Waals surface area contributed by atoms with Gasteiger partial charge in [0.25, 0.3) is 0 Å². The fourth-order valence-corrected chi connectivity index (χ4v) is 2.51. The lowest BCUT2D eigenvalue weighted by Gasteiger charge is -2.17. The topological polar surface area (TPSA) is 78.0 Å². The summed E-state index contributed by atoms with van der Waals surface area (Å²) in [6.45, 7) is 1.59. The molecule has 2 N–H and O–H groups in total. The molecule has 98 valence electrons. The van der Waals surface area contributed by atoms with Crippen molar-refractivity contribution in [3.63, 3.8) is 0 Å². The molecule has 0 amide bonds. The average molecular weight is 271 g/mol. The number of rotatable bonds is 3. The zero-order valence-corrected chi connectivity index (χ0v) is 10.0. The first-order valence-electron chi connectivity index (χ1n) is 4.68. The largest absolute Gasteiger partial charge is 0.410 e. The number of aryl methyl sites for hydroxylation is 2. The first kappa shape index (κ1) is 14.0. The second kappa shape index (κ2) is 4.30. The maximum atomic E-state index is 12.7. The predicted octanol–water partition coefficient (Wildman–Crippen LogP) is 0.874. The molecule has 1 rings (SSSR count). The number of aromatic nitrogens is 2. The van der Waals surface area contributed by atoms with Gasteiger partial charge in [-0.1, -0.05) is 6.92 Å². The van der Waals surface area contributed by atoms with E-state index in [1.807, 2.05) is 0 Å². The number of halogens is 3. The lowest BCUT2D eigenvalue weighted by atomic mass is 10.1. The van der Waals surface area contributed by atoms with E-state index in [4.69, 9.17) is 0 Å². The Balaban J connectivity index is 3.43. The molecule has 1 aromatic rings. The van der Waals surface area contributed by atoms with Gasteiger partial charge in [0.05, 0.1) is 5.69 Å². The Morgan fingerprint density at radius 3 is 2.41 bits per heavy atom. The second-order valence-electron chi connectivity index (χ2n) is 3.57. The molecule has 0 saturated heterocycles. The molecule has 9 heteroatoms. The molecule has 0 aliphatic heterocycles. The van der Waals surface area contributed by atoms with Gasteiger partial charge in [-0.3, -0.25) is 4.68 Å². The van der Waals surface area contributed by atoms with Crippen LogP contribution in [0.1, 0.15) is 23.4 Å². The summed E-state index contributed by atoms with van der Waals surface area (Å²) in [4.78, 5) is 0. The SMILES string of the molecule is CCc1nn(C)cc1C(C(F)(F)F)S(N)(=O)=O. The van der Waals surface area contributed by atoms with E-state index >= 15 is 0 Å². The van der Waals surface area contributed by atoms with E-state index in [1.165, 1.54) is 7.05 Å². The Kier molecular flexibility index (Phi) is 3.53. The van der Waals surface area contributed by atoms with Crippen molar-refractivity contribution in [1.82, 2.24) is 9.78 Å². The number of sulfonamides is 1. The highest BCUT2D eigenvalue weighted by Gasteiger charge is 2.50. The second-order valence-corrected chi connectivity index (χ2v) is 5.22. The van der Waals surface area contributed by atoms with Crippen LogP contribution in [-0.4, -0.2) is 24.4 Å². The van der Waals surface area contributed by atoms with E-state index in [1.54, 1.807) is 6.92 Å². The molecule has 1 atom stereocenters. The minimum Gasteiger partial charge on any atom is -0.275 e. The van der Waals surface area contributed by atoms with Crippen molar-refractivity contribution in [1.29, 1.82) is 0 Å². The third-order valence-electron chi connectivity index (χ3n) is 2.18. The molecule has 1 unspecified atom stereocenters. The van der Waals surface area contributed by atoms with Gasteiger partial charge in [0.1, 0.15) is 0 Å². The van der Waals surface area contributed by atoms with Crippen molar-refractivity contribution in [2.45, 2.75) is 24.8 Å². The minimum absolute atomic E-state index is 0.0730. The van der Waals surface area contributed by atoms with E-state index < -0.39 is 27.0 Å². The molecule has 1 heterocycles. The first-order chi connectivity index (χ1) is 7.57. The molecule has 1 aromatic heterocycles. The summed E-state index contributed by atoms with van der Waals surface area (Å²) in [5.41, 5.74) is -0.339. The summed E-state index contributed by atoms with van der Waals surface area (Å²) in [6.07, 6.45) is -3.74. The van der Waals surface area contributed by atoms with Gasteiger partial charge in [-0.2, -0.15) is 18.3 Å². The van der Waals surface area contributed by atoms with E-state index in [0.29, 0.717) is 0 Å². The van der Waals surface area contributed by atoms with Gasteiger partial charge in [-0.25, -0.2) is 13.6 Å². The summed E-state index contributed by atoms with van der Waals surface area (Å²) in [5, 5.41) is 5.70. The molecule has 17 heavy (non-hydrogen) atoms. The van der Waals surface area contributed by atoms with E-state index in [2.05, 4.69) is 10.2 Å². The number of hydrogen-bond acceptors (Lipinski definition) is 3. The average Bonchev–Trinajstić information content (AvgIpc) is 2.41. The highest BCUT2D eigenvalue weighted by molar-refractivity contribution is 7.89. The zero-order valence-electron chi connectivity index (χ0n) is 9.19. The summed E-state index contributed by atoms with van der Waals surface area (Å²) >= 11 is 0. The van der Waals surface area contributed by atoms with Crippen LogP contribution in [0.15, 0.2) is 6.20 Å².